The van der Waals surface area contributed by atoms with Gasteiger partial charge in [0.15, 0.2) is 0 Å². The van der Waals surface area contributed by atoms with Crippen LogP contribution in [0.2, 0.25) is 24.7 Å². The van der Waals surface area contributed by atoms with Crippen molar-refractivity contribution >= 4 is 14.0 Å². The van der Waals surface area contributed by atoms with Crippen LogP contribution in [-0.4, -0.2) is 21.2 Å². The molecule has 2 nitrogen and oxygen atoms in total. The van der Waals surface area contributed by atoms with Crippen molar-refractivity contribution in [3.63, 3.8) is 0 Å². The molecule has 0 aromatic heterocycles. The fourth-order valence-electron chi connectivity index (χ4n) is 3.64. The lowest BCUT2D eigenvalue weighted by Crippen LogP contribution is -2.39. The summed E-state index contributed by atoms with van der Waals surface area (Å²) in [4.78, 5) is 12.1. The number of esters is 1. The Kier molecular flexibility index (Phi) is 3.34. The fourth-order valence-corrected chi connectivity index (χ4v) is 7.31. The zero-order valence-corrected chi connectivity index (χ0v) is 11.9. The van der Waals surface area contributed by atoms with Crippen molar-refractivity contribution in [3.8, 4) is 0 Å². The minimum absolute atomic E-state index is 0.0559. The largest absolute Gasteiger partial charge is 0.469 e. The van der Waals surface area contributed by atoms with E-state index < -0.39 is 8.07 Å². The first kappa shape index (κ1) is 12.8. The Morgan fingerprint density at radius 3 is 1.80 bits per heavy atom. The predicted molar refractivity (Wildman–Crippen MR) is 65.6 cm³/mol. The highest BCUT2D eigenvalue weighted by molar-refractivity contribution is 6.83. The molecule has 1 aliphatic rings. The first-order chi connectivity index (χ1) is 6.87. The Morgan fingerprint density at radius 2 is 1.60 bits per heavy atom. The maximum absolute atomic E-state index is 12.1. The minimum Gasteiger partial charge on any atom is -0.469 e. The standard InChI is InChI=1S/C12H24O2Si/c1-7-9-10(8-2)12(9,11(13)14-3)15(4,5)6/h9-10H,7-8H2,1-6H3. The number of hydrogen-bond acceptors (Lipinski definition) is 2. The summed E-state index contributed by atoms with van der Waals surface area (Å²) in [6.45, 7) is 11.3. The molecule has 2 unspecified atom stereocenters. The van der Waals surface area contributed by atoms with Crippen molar-refractivity contribution in [2.75, 3.05) is 7.11 Å². The maximum atomic E-state index is 12.1. The van der Waals surface area contributed by atoms with E-state index in [1.807, 2.05) is 0 Å². The molecule has 0 heterocycles. The van der Waals surface area contributed by atoms with E-state index in [9.17, 15) is 4.79 Å². The van der Waals surface area contributed by atoms with Gasteiger partial charge >= 0.3 is 5.97 Å². The molecule has 0 radical (unpaired) electrons. The van der Waals surface area contributed by atoms with Crippen LogP contribution < -0.4 is 0 Å². The normalized spacial score (nSPS) is 35.1. The van der Waals surface area contributed by atoms with Gasteiger partial charge in [0.1, 0.15) is 0 Å². The zero-order chi connectivity index (χ0) is 11.9. The lowest BCUT2D eigenvalue weighted by atomic mass is 10.2. The van der Waals surface area contributed by atoms with Crippen LogP contribution in [-0.2, 0) is 9.53 Å². The van der Waals surface area contributed by atoms with Gasteiger partial charge in [-0.25, -0.2) is 0 Å². The monoisotopic (exact) mass is 228 g/mol. The van der Waals surface area contributed by atoms with E-state index in [1.54, 1.807) is 0 Å². The molecule has 1 rings (SSSR count). The average Bonchev–Trinajstić information content (AvgIpc) is 2.84. The number of hydrogen-bond donors (Lipinski definition) is 0. The smallest absolute Gasteiger partial charge is 0.309 e. The second kappa shape index (κ2) is 3.93. The topological polar surface area (TPSA) is 26.3 Å². The fraction of sp³-hybridized carbons (Fsp3) is 0.917. The summed E-state index contributed by atoms with van der Waals surface area (Å²) < 4.78 is 5.06. The molecule has 0 aliphatic heterocycles. The molecule has 15 heavy (non-hydrogen) atoms. The van der Waals surface area contributed by atoms with Gasteiger partial charge < -0.3 is 4.74 Å². The molecule has 0 amide bonds. The van der Waals surface area contributed by atoms with Gasteiger partial charge in [-0.05, 0) is 11.8 Å². The third-order valence-electron chi connectivity index (χ3n) is 4.19. The average molecular weight is 228 g/mol. The van der Waals surface area contributed by atoms with Gasteiger partial charge in [-0.2, -0.15) is 0 Å². The Balaban J connectivity index is 3.06. The highest BCUT2D eigenvalue weighted by Crippen LogP contribution is 2.73. The first-order valence-electron chi connectivity index (χ1n) is 5.96. The van der Waals surface area contributed by atoms with Gasteiger partial charge in [0.25, 0.3) is 0 Å². The van der Waals surface area contributed by atoms with Crippen LogP contribution >= 0.6 is 0 Å². The summed E-state index contributed by atoms with van der Waals surface area (Å²) in [7, 11) is 0.0293. The lowest BCUT2D eigenvalue weighted by molar-refractivity contribution is -0.142. The molecular formula is C12H24O2Si. The molecule has 0 spiro atoms. The molecule has 1 fully saturated rings. The molecule has 1 aliphatic carbocycles. The van der Waals surface area contributed by atoms with Crippen molar-refractivity contribution in [1.82, 2.24) is 0 Å². The van der Waals surface area contributed by atoms with E-state index >= 15 is 0 Å². The van der Waals surface area contributed by atoms with E-state index in [2.05, 4.69) is 33.5 Å². The molecule has 1 saturated carbocycles. The van der Waals surface area contributed by atoms with E-state index in [0.29, 0.717) is 11.8 Å². The number of carbonyl (C=O) groups is 1. The Bertz CT molecular complexity index is 245. The van der Waals surface area contributed by atoms with Crippen LogP contribution in [0, 0.1) is 11.8 Å². The first-order valence-corrected chi connectivity index (χ1v) is 9.46. The van der Waals surface area contributed by atoms with Crippen LogP contribution in [0.25, 0.3) is 0 Å². The Labute approximate surface area is 94.4 Å². The van der Waals surface area contributed by atoms with Crippen LogP contribution in [0.3, 0.4) is 0 Å². The lowest BCUT2D eigenvalue weighted by Gasteiger charge is -2.29. The van der Waals surface area contributed by atoms with Crippen molar-refractivity contribution in [3.05, 3.63) is 0 Å². The second-order valence-electron chi connectivity index (χ2n) is 5.64. The zero-order valence-electron chi connectivity index (χ0n) is 10.9. The Hall–Kier alpha value is -0.313. The number of ether oxygens (including phenoxy) is 1. The van der Waals surface area contributed by atoms with Gasteiger partial charge in [0, 0.05) is 0 Å². The van der Waals surface area contributed by atoms with Crippen LogP contribution in [0.15, 0.2) is 0 Å². The molecule has 0 aromatic carbocycles. The minimum atomic E-state index is -1.50. The summed E-state index contributed by atoms with van der Waals surface area (Å²) in [5.41, 5.74) is 0. The van der Waals surface area contributed by atoms with E-state index in [-0.39, 0.29) is 11.0 Å². The maximum Gasteiger partial charge on any atom is 0.309 e. The van der Waals surface area contributed by atoms with Gasteiger partial charge in [-0.15, -0.1) is 0 Å². The van der Waals surface area contributed by atoms with Crippen molar-refractivity contribution in [2.24, 2.45) is 11.8 Å². The molecule has 0 N–H and O–H groups in total. The van der Waals surface area contributed by atoms with E-state index in [1.165, 1.54) is 7.11 Å². The highest BCUT2D eigenvalue weighted by atomic mass is 28.3. The highest BCUT2D eigenvalue weighted by Gasteiger charge is 2.73. The van der Waals surface area contributed by atoms with Gasteiger partial charge in [0.2, 0.25) is 0 Å². The summed E-state index contributed by atoms with van der Waals surface area (Å²) in [5, 5.41) is -0.0920. The molecule has 0 saturated heterocycles. The molecular weight excluding hydrogens is 204 g/mol. The third-order valence-corrected chi connectivity index (χ3v) is 7.62. The Morgan fingerprint density at radius 1 is 1.20 bits per heavy atom. The predicted octanol–water partition coefficient (Wildman–Crippen LogP) is 3.30. The van der Waals surface area contributed by atoms with Crippen LogP contribution in [0.1, 0.15) is 26.7 Å². The number of carbonyl (C=O) groups excluding carboxylic acids is 1. The van der Waals surface area contributed by atoms with Crippen molar-refractivity contribution < 1.29 is 9.53 Å². The van der Waals surface area contributed by atoms with Crippen molar-refractivity contribution in [1.29, 1.82) is 0 Å². The van der Waals surface area contributed by atoms with Crippen LogP contribution in [0.4, 0.5) is 0 Å². The quantitative estimate of drug-likeness (QED) is 0.545. The molecule has 88 valence electrons. The van der Waals surface area contributed by atoms with Crippen molar-refractivity contribution in [2.45, 2.75) is 51.4 Å². The van der Waals surface area contributed by atoms with Crippen LogP contribution in [0.5, 0.6) is 0 Å². The molecule has 0 aromatic rings. The third kappa shape index (κ3) is 1.55. The summed E-state index contributed by atoms with van der Waals surface area (Å²) >= 11 is 0. The SMILES string of the molecule is CCC1C(CC)C1(C(=O)OC)[Si](C)(C)C. The molecule has 3 heteroatoms. The summed E-state index contributed by atoms with van der Waals surface area (Å²) in [6, 6.07) is 0. The summed E-state index contributed by atoms with van der Waals surface area (Å²) in [6.07, 6.45) is 2.22. The second-order valence-corrected chi connectivity index (χ2v) is 11.0. The molecule has 0 bridgehead atoms. The number of methoxy groups -OCH3 is 1. The summed E-state index contributed by atoms with van der Waals surface area (Å²) in [5.74, 6) is 1.20. The molecule has 2 atom stereocenters. The van der Waals surface area contributed by atoms with Gasteiger partial charge in [0.05, 0.1) is 20.2 Å². The number of rotatable bonds is 4. The van der Waals surface area contributed by atoms with Gasteiger partial charge in [-0.1, -0.05) is 46.3 Å². The van der Waals surface area contributed by atoms with Gasteiger partial charge in [-0.3, -0.25) is 4.79 Å². The van der Waals surface area contributed by atoms with E-state index in [0.717, 1.165) is 12.8 Å². The van der Waals surface area contributed by atoms with E-state index in [4.69, 9.17) is 4.74 Å².